The maximum Gasteiger partial charge on any atom is 0.201 e. The number of hydrazone groups is 1. The van der Waals surface area contributed by atoms with Crippen molar-refractivity contribution < 1.29 is 0 Å². The first-order valence-electron chi connectivity index (χ1n) is 3.50. The van der Waals surface area contributed by atoms with Crippen LogP contribution in [-0.2, 0) is 7.05 Å². The van der Waals surface area contributed by atoms with Crippen LogP contribution >= 0.6 is 12.2 Å². The van der Waals surface area contributed by atoms with E-state index in [1.54, 1.807) is 18.7 Å². The topological polar surface area (TPSA) is 80.3 Å². The van der Waals surface area contributed by atoms with Gasteiger partial charge in [-0.15, -0.1) is 0 Å². The second-order valence-electron chi connectivity index (χ2n) is 2.27. The minimum atomic E-state index is 0.262. The molecule has 0 atom stereocenters. The second-order valence-corrected chi connectivity index (χ2v) is 2.68. The van der Waals surface area contributed by atoms with Gasteiger partial charge in [-0.3, -0.25) is 10.9 Å². The van der Waals surface area contributed by atoms with E-state index >= 15 is 0 Å². The van der Waals surface area contributed by atoms with Crippen LogP contribution in [0.15, 0.2) is 17.6 Å². The number of hydrogen-bond acceptors (Lipinski definition) is 4. The zero-order chi connectivity index (χ0) is 9.68. The maximum atomic E-state index is 5.02. The number of imidazole rings is 1. The summed E-state index contributed by atoms with van der Waals surface area (Å²) in [6, 6.07) is 0. The number of aromatic nitrogens is 2. The highest BCUT2D eigenvalue weighted by molar-refractivity contribution is 7.80. The van der Waals surface area contributed by atoms with Crippen molar-refractivity contribution in [1.29, 1.82) is 0 Å². The minimum absolute atomic E-state index is 0.262. The molecule has 0 fully saturated rings. The number of nitrogens with zero attached hydrogens (tertiary/aromatic N) is 3. The normalized spacial score (nSPS) is 10.3. The molecule has 0 aromatic carbocycles. The minimum Gasteiger partial charge on any atom is -0.333 e. The molecule has 0 spiro atoms. The number of rotatable bonds is 2. The Labute approximate surface area is 80.8 Å². The highest BCUT2D eigenvalue weighted by Gasteiger charge is 1.92. The van der Waals surface area contributed by atoms with E-state index in [1.807, 2.05) is 11.6 Å². The fourth-order valence-corrected chi connectivity index (χ4v) is 0.734. The average molecular weight is 198 g/mol. The molecule has 0 bridgehead atoms. The molecular weight excluding hydrogens is 188 g/mol. The number of aryl methyl sites for hydroxylation is 1. The first-order valence-corrected chi connectivity index (χ1v) is 3.91. The monoisotopic (exact) mass is 198 g/mol. The van der Waals surface area contributed by atoms with Crippen LogP contribution in [-0.4, -0.2) is 20.9 Å². The number of hydrogen-bond donors (Lipinski definition) is 3. The van der Waals surface area contributed by atoms with Crippen molar-refractivity contribution in [2.24, 2.45) is 18.0 Å². The van der Waals surface area contributed by atoms with Crippen molar-refractivity contribution in [3.8, 4) is 0 Å². The molecule has 4 N–H and O–H groups in total. The summed E-state index contributed by atoms with van der Waals surface area (Å²) >= 11 is 4.70. The van der Waals surface area contributed by atoms with Gasteiger partial charge in [-0.1, -0.05) is 0 Å². The molecule has 7 heteroatoms. The molecule has 13 heavy (non-hydrogen) atoms. The second kappa shape index (κ2) is 4.53. The van der Waals surface area contributed by atoms with E-state index in [-0.39, 0.29) is 5.11 Å². The van der Waals surface area contributed by atoms with Crippen LogP contribution in [0.3, 0.4) is 0 Å². The molecular formula is C6H10N6S. The third kappa shape index (κ3) is 2.80. The van der Waals surface area contributed by atoms with Crippen LogP contribution in [0.5, 0.6) is 0 Å². The van der Waals surface area contributed by atoms with Gasteiger partial charge in [0.1, 0.15) is 0 Å². The van der Waals surface area contributed by atoms with Crippen molar-refractivity contribution in [3.05, 3.63) is 18.2 Å². The number of nitrogens with one attached hydrogen (secondary N) is 2. The van der Waals surface area contributed by atoms with Crippen LogP contribution in [0.1, 0.15) is 5.69 Å². The van der Waals surface area contributed by atoms with Crippen molar-refractivity contribution in [2.45, 2.75) is 0 Å². The summed E-state index contributed by atoms with van der Waals surface area (Å²) in [5.41, 5.74) is 5.63. The van der Waals surface area contributed by atoms with E-state index in [0.29, 0.717) is 0 Å². The van der Waals surface area contributed by atoms with Crippen molar-refractivity contribution in [3.63, 3.8) is 0 Å². The quantitative estimate of drug-likeness (QED) is 0.248. The van der Waals surface area contributed by atoms with Gasteiger partial charge >= 0.3 is 0 Å². The van der Waals surface area contributed by atoms with Gasteiger partial charge in [-0.2, -0.15) is 5.10 Å². The number of hydrazine groups is 1. The lowest BCUT2D eigenvalue weighted by Gasteiger charge is -1.99. The molecule has 0 aliphatic carbocycles. The maximum absolute atomic E-state index is 5.02. The van der Waals surface area contributed by atoms with Gasteiger partial charge in [-0.05, 0) is 12.2 Å². The lowest BCUT2D eigenvalue weighted by Crippen LogP contribution is -2.37. The third-order valence-corrected chi connectivity index (χ3v) is 1.56. The Morgan fingerprint density at radius 3 is 3.15 bits per heavy atom. The van der Waals surface area contributed by atoms with Gasteiger partial charge in [-0.25, -0.2) is 10.8 Å². The van der Waals surface area contributed by atoms with Gasteiger partial charge in [0.25, 0.3) is 0 Å². The van der Waals surface area contributed by atoms with Gasteiger partial charge in [0.15, 0.2) is 0 Å². The van der Waals surface area contributed by atoms with Crippen LogP contribution in [0, 0.1) is 0 Å². The first-order chi connectivity index (χ1) is 6.24. The zero-order valence-electron chi connectivity index (χ0n) is 7.06. The summed E-state index contributed by atoms with van der Waals surface area (Å²) in [5.74, 6) is 5.02. The van der Waals surface area contributed by atoms with E-state index in [9.17, 15) is 0 Å². The Hall–Kier alpha value is -1.47. The Kier molecular flexibility index (Phi) is 3.35. The summed E-state index contributed by atoms with van der Waals surface area (Å²) in [6.07, 6.45) is 4.96. The Bertz CT molecular complexity index is 317. The molecule has 0 saturated heterocycles. The SMILES string of the molecule is Cn1cncc1/C=N/NC(=S)NN. The summed E-state index contributed by atoms with van der Waals surface area (Å²) < 4.78 is 1.82. The predicted octanol–water partition coefficient (Wildman–Crippen LogP) is -0.908. The highest BCUT2D eigenvalue weighted by Crippen LogP contribution is 1.89. The van der Waals surface area contributed by atoms with Gasteiger partial charge in [0, 0.05) is 7.05 Å². The number of nitrogens with two attached hydrogens (primary N) is 1. The average Bonchev–Trinajstić information content (AvgIpc) is 2.52. The fourth-order valence-electron chi connectivity index (χ4n) is 0.681. The molecule has 1 rings (SSSR count). The third-order valence-electron chi connectivity index (χ3n) is 1.35. The van der Waals surface area contributed by atoms with E-state index in [1.165, 1.54) is 0 Å². The van der Waals surface area contributed by atoms with E-state index in [2.05, 4.69) is 20.9 Å². The lowest BCUT2D eigenvalue weighted by atomic mass is 10.5. The molecule has 1 aromatic heterocycles. The molecule has 0 amide bonds. The molecule has 0 saturated carbocycles. The van der Waals surface area contributed by atoms with Gasteiger partial charge in [0.2, 0.25) is 5.11 Å². The largest absolute Gasteiger partial charge is 0.333 e. The Balaban J connectivity index is 2.50. The molecule has 1 heterocycles. The van der Waals surface area contributed by atoms with E-state index in [4.69, 9.17) is 18.1 Å². The van der Waals surface area contributed by atoms with Crippen molar-refractivity contribution in [2.75, 3.05) is 0 Å². The highest BCUT2D eigenvalue weighted by atomic mass is 32.1. The van der Waals surface area contributed by atoms with E-state index in [0.717, 1.165) is 5.69 Å². The molecule has 0 unspecified atom stereocenters. The first kappa shape index (κ1) is 9.62. The molecule has 70 valence electrons. The van der Waals surface area contributed by atoms with Crippen molar-refractivity contribution in [1.82, 2.24) is 20.4 Å². The smallest absolute Gasteiger partial charge is 0.201 e. The fraction of sp³-hybridized carbons (Fsp3) is 0.167. The Morgan fingerprint density at radius 1 is 1.85 bits per heavy atom. The summed E-state index contributed by atoms with van der Waals surface area (Å²) in [5, 5.41) is 4.09. The zero-order valence-corrected chi connectivity index (χ0v) is 7.88. The van der Waals surface area contributed by atoms with Crippen LogP contribution in [0.4, 0.5) is 0 Å². The van der Waals surface area contributed by atoms with Crippen LogP contribution in [0.25, 0.3) is 0 Å². The molecule has 1 aromatic rings. The van der Waals surface area contributed by atoms with Gasteiger partial charge < -0.3 is 4.57 Å². The lowest BCUT2D eigenvalue weighted by molar-refractivity contribution is 0.896. The summed E-state index contributed by atoms with van der Waals surface area (Å²) in [7, 11) is 1.87. The van der Waals surface area contributed by atoms with Crippen molar-refractivity contribution >= 4 is 23.5 Å². The van der Waals surface area contributed by atoms with E-state index < -0.39 is 0 Å². The van der Waals surface area contributed by atoms with Crippen LogP contribution in [0.2, 0.25) is 0 Å². The number of thiocarbonyl (C=S) groups is 1. The standard InChI is InChI=1S/C6H10N6S/c1-12-4-8-2-5(12)3-9-11-6(13)10-7/h2-4H,7H2,1H3,(H2,10,11,13)/b9-3+. The molecule has 0 aliphatic heterocycles. The Morgan fingerprint density at radius 2 is 2.62 bits per heavy atom. The molecule has 0 aliphatic rings. The predicted molar refractivity (Wildman–Crippen MR) is 53.9 cm³/mol. The van der Waals surface area contributed by atoms with Gasteiger partial charge in [0.05, 0.1) is 24.4 Å². The summed E-state index contributed by atoms with van der Waals surface area (Å²) in [6.45, 7) is 0. The molecule has 0 radical (unpaired) electrons. The summed E-state index contributed by atoms with van der Waals surface area (Å²) in [4.78, 5) is 3.91. The molecule has 6 nitrogen and oxygen atoms in total. The van der Waals surface area contributed by atoms with Crippen LogP contribution < -0.4 is 16.7 Å².